The van der Waals surface area contributed by atoms with Crippen LogP contribution in [-0.2, 0) is 4.74 Å². The second-order valence-electron chi connectivity index (χ2n) is 3.19. The van der Waals surface area contributed by atoms with Crippen molar-refractivity contribution < 1.29 is 9.84 Å². The van der Waals surface area contributed by atoms with Crippen molar-refractivity contribution in [2.75, 3.05) is 6.61 Å². The van der Waals surface area contributed by atoms with Gasteiger partial charge in [-0.3, -0.25) is 5.41 Å². The molecule has 2 N–H and O–H groups in total. The van der Waals surface area contributed by atoms with Crippen LogP contribution in [0, 0.1) is 5.41 Å². The van der Waals surface area contributed by atoms with Gasteiger partial charge in [0, 0.05) is 0 Å². The van der Waals surface area contributed by atoms with Crippen LogP contribution in [0.25, 0.3) is 0 Å². The molecule has 0 rings (SSSR count). The molecule has 0 amide bonds. The van der Waals surface area contributed by atoms with Gasteiger partial charge in [-0.1, -0.05) is 40.9 Å². The zero-order chi connectivity index (χ0) is 11.4. The second-order valence-corrected chi connectivity index (χ2v) is 5.48. The second kappa shape index (κ2) is 5.21. The van der Waals surface area contributed by atoms with Crippen molar-refractivity contribution in [1.29, 1.82) is 5.41 Å². The van der Waals surface area contributed by atoms with Crippen LogP contribution in [0.2, 0.25) is 0 Å². The van der Waals surface area contributed by atoms with Gasteiger partial charge in [-0.2, -0.15) is 0 Å². The molecule has 82 valence electrons. The van der Waals surface area contributed by atoms with E-state index in [1.54, 1.807) is 19.9 Å². The molecule has 0 atom stereocenters. The molecule has 0 aromatic carbocycles. The van der Waals surface area contributed by atoms with E-state index in [9.17, 15) is 5.11 Å². The first-order valence-corrected chi connectivity index (χ1v) is 4.95. The number of rotatable bonds is 3. The van der Waals surface area contributed by atoms with Gasteiger partial charge in [-0.25, -0.2) is 0 Å². The van der Waals surface area contributed by atoms with Crippen LogP contribution < -0.4 is 0 Å². The third kappa shape index (κ3) is 7.44. The van der Waals surface area contributed by atoms with E-state index < -0.39 is 15.3 Å². The molecule has 0 aliphatic heterocycles. The molecule has 0 saturated carbocycles. The van der Waals surface area contributed by atoms with Crippen molar-refractivity contribution in [2.24, 2.45) is 0 Å². The molecule has 3 nitrogen and oxygen atoms in total. The van der Waals surface area contributed by atoms with Crippen LogP contribution in [0.5, 0.6) is 0 Å². The van der Waals surface area contributed by atoms with E-state index in [1.165, 1.54) is 6.08 Å². The molecule has 0 aliphatic rings. The SMILES string of the molecule is CC(C)(O)/C=C/COC(=N)C(Cl)(Cl)Cl. The van der Waals surface area contributed by atoms with E-state index in [0.717, 1.165) is 0 Å². The summed E-state index contributed by atoms with van der Waals surface area (Å²) in [4.78, 5) is 0. The van der Waals surface area contributed by atoms with E-state index >= 15 is 0 Å². The van der Waals surface area contributed by atoms with Gasteiger partial charge in [0.2, 0.25) is 5.90 Å². The topological polar surface area (TPSA) is 53.3 Å². The zero-order valence-electron chi connectivity index (χ0n) is 7.85. The Balaban J connectivity index is 3.88. The van der Waals surface area contributed by atoms with E-state index in [0.29, 0.717) is 0 Å². The smallest absolute Gasteiger partial charge is 0.265 e. The number of hydrogen-bond acceptors (Lipinski definition) is 3. The summed E-state index contributed by atoms with van der Waals surface area (Å²) in [6.45, 7) is 3.31. The molecule has 0 fully saturated rings. The number of aliphatic hydroxyl groups is 1. The Morgan fingerprint density at radius 3 is 2.29 bits per heavy atom. The number of nitrogens with one attached hydrogen (secondary N) is 1. The van der Waals surface area contributed by atoms with E-state index in [2.05, 4.69) is 0 Å². The maximum Gasteiger partial charge on any atom is 0.265 e. The van der Waals surface area contributed by atoms with Crippen molar-refractivity contribution in [3.63, 3.8) is 0 Å². The fourth-order valence-corrected chi connectivity index (χ4v) is 0.713. The molecule has 0 spiro atoms. The summed E-state index contributed by atoms with van der Waals surface area (Å²) in [5.74, 6) is -0.442. The third-order valence-electron chi connectivity index (χ3n) is 1.11. The highest BCUT2D eigenvalue weighted by Crippen LogP contribution is 2.27. The molecular weight excluding hydrogens is 248 g/mol. The Hall–Kier alpha value is 0.0400. The normalized spacial score (nSPS) is 13.3. The highest BCUT2D eigenvalue weighted by Gasteiger charge is 2.28. The summed E-state index contributed by atoms with van der Waals surface area (Å²) in [6.07, 6.45) is 3.07. The molecule has 0 aromatic heterocycles. The highest BCUT2D eigenvalue weighted by atomic mass is 35.6. The minimum atomic E-state index is -1.83. The first-order valence-electron chi connectivity index (χ1n) is 3.81. The number of ether oxygens (including phenoxy) is 1. The summed E-state index contributed by atoms with van der Waals surface area (Å²) in [5, 5.41) is 16.4. The molecule has 0 bridgehead atoms. The summed E-state index contributed by atoms with van der Waals surface area (Å²) in [6, 6.07) is 0. The molecule has 0 heterocycles. The Bertz CT molecular complexity index is 228. The molecule has 0 aromatic rings. The largest absolute Gasteiger partial charge is 0.474 e. The van der Waals surface area contributed by atoms with Crippen LogP contribution in [-0.4, -0.2) is 27.0 Å². The van der Waals surface area contributed by atoms with Crippen LogP contribution in [0.1, 0.15) is 13.8 Å². The van der Waals surface area contributed by atoms with Gasteiger partial charge in [-0.15, -0.1) is 0 Å². The first kappa shape index (κ1) is 14.0. The lowest BCUT2D eigenvalue weighted by molar-refractivity contribution is 0.132. The summed E-state index contributed by atoms with van der Waals surface area (Å²) in [5.41, 5.74) is -0.911. The Morgan fingerprint density at radius 2 is 1.93 bits per heavy atom. The van der Waals surface area contributed by atoms with E-state index in [-0.39, 0.29) is 6.61 Å². The summed E-state index contributed by atoms with van der Waals surface area (Å²) in [7, 11) is 0. The lowest BCUT2D eigenvalue weighted by atomic mass is 10.1. The van der Waals surface area contributed by atoms with Gasteiger partial charge < -0.3 is 9.84 Å². The summed E-state index contributed by atoms with van der Waals surface area (Å²) < 4.78 is 2.96. The summed E-state index contributed by atoms with van der Waals surface area (Å²) >= 11 is 16.1. The highest BCUT2D eigenvalue weighted by molar-refractivity contribution is 6.76. The quantitative estimate of drug-likeness (QED) is 0.355. The van der Waals surface area contributed by atoms with Gasteiger partial charge in [0.15, 0.2) is 0 Å². The minimum absolute atomic E-state index is 0.0801. The van der Waals surface area contributed by atoms with Crippen LogP contribution in [0.4, 0.5) is 0 Å². The molecular formula is C8H12Cl3NO2. The number of hydrogen-bond donors (Lipinski definition) is 2. The van der Waals surface area contributed by atoms with Crippen LogP contribution >= 0.6 is 34.8 Å². The lowest BCUT2D eigenvalue weighted by Crippen LogP contribution is -2.21. The first-order chi connectivity index (χ1) is 6.13. The standard InChI is InChI=1S/C8H12Cl3NO2/c1-7(2,13)4-3-5-14-6(12)8(9,10)11/h3-4,12-13H,5H2,1-2H3/b4-3+,12-6?. The van der Waals surface area contributed by atoms with Gasteiger partial charge in [0.25, 0.3) is 3.79 Å². The van der Waals surface area contributed by atoms with Crippen molar-refractivity contribution in [3.05, 3.63) is 12.2 Å². The molecule has 0 unspecified atom stereocenters. The molecule has 0 saturated heterocycles. The Morgan fingerprint density at radius 1 is 1.43 bits per heavy atom. The monoisotopic (exact) mass is 259 g/mol. The van der Waals surface area contributed by atoms with Crippen LogP contribution in [0.15, 0.2) is 12.2 Å². The van der Waals surface area contributed by atoms with Gasteiger partial charge in [0.1, 0.15) is 6.61 Å². The van der Waals surface area contributed by atoms with Gasteiger partial charge in [-0.05, 0) is 19.9 Å². The number of halogens is 3. The maximum absolute atomic E-state index is 9.27. The van der Waals surface area contributed by atoms with Crippen molar-refractivity contribution in [3.8, 4) is 0 Å². The van der Waals surface area contributed by atoms with E-state index in [4.69, 9.17) is 44.9 Å². The van der Waals surface area contributed by atoms with E-state index in [1.807, 2.05) is 0 Å². The fourth-order valence-electron chi connectivity index (χ4n) is 0.550. The maximum atomic E-state index is 9.27. The Labute approximate surface area is 98.1 Å². The Kier molecular flexibility index (Phi) is 5.23. The lowest BCUT2D eigenvalue weighted by Gasteiger charge is -2.13. The molecule has 0 aliphatic carbocycles. The predicted molar refractivity (Wildman–Crippen MR) is 59.4 cm³/mol. The van der Waals surface area contributed by atoms with Crippen molar-refractivity contribution >= 4 is 40.7 Å². The fraction of sp³-hybridized carbons (Fsp3) is 0.625. The predicted octanol–water partition coefficient (Wildman–Crippen LogP) is 2.68. The minimum Gasteiger partial charge on any atom is -0.474 e. The molecule has 6 heteroatoms. The third-order valence-corrected chi connectivity index (χ3v) is 1.62. The van der Waals surface area contributed by atoms with Crippen LogP contribution in [0.3, 0.4) is 0 Å². The average molecular weight is 261 g/mol. The zero-order valence-corrected chi connectivity index (χ0v) is 10.1. The molecule has 0 radical (unpaired) electrons. The number of alkyl halides is 3. The van der Waals surface area contributed by atoms with Crippen molar-refractivity contribution in [2.45, 2.75) is 23.2 Å². The van der Waals surface area contributed by atoms with Crippen molar-refractivity contribution in [1.82, 2.24) is 0 Å². The molecule has 14 heavy (non-hydrogen) atoms. The van der Waals surface area contributed by atoms with Gasteiger partial charge in [0.05, 0.1) is 5.60 Å². The average Bonchev–Trinajstić information content (AvgIpc) is 1.93. The van der Waals surface area contributed by atoms with Gasteiger partial charge >= 0.3 is 0 Å².